The van der Waals surface area contributed by atoms with E-state index in [2.05, 4.69) is 40.4 Å². The second-order valence-corrected chi connectivity index (χ2v) is 14.7. The van der Waals surface area contributed by atoms with Crippen LogP contribution in [0.2, 0.25) is 37.8 Å². The molecule has 0 fully saturated rings. The molecule has 5 heteroatoms. The molecule has 0 aliphatic carbocycles. The van der Waals surface area contributed by atoms with Crippen LogP contribution in [0.15, 0.2) is 11.7 Å². The lowest BCUT2D eigenvalue weighted by molar-refractivity contribution is 0.124. The van der Waals surface area contributed by atoms with Gasteiger partial charge in [-0.1, -0.05) is 20.8 Å². The Balaban J connectivity index is 5.01. The van der Waals surface area contributed by atoms with Gasteiger partial charge in [-0.05, 0) is 44.7 Å². The van der Waals surface area contributed by atoms with E-state index in [1.54, 1.807) is 7.11 Å². The lowest BCUT2D eigenvalue weighted by Crippen LogP contribution is -2.36. The molecule has 0 aliphatic heterocycles. The molecule has 0 atom stereocenters. The number of allylic oxidation sites excluding steroid dienone is 1. The van der Waals surface area contributed by atoms with Crippen molar-refractivity contribution < 1.29 is 13.6 Å². The minimum Gasteiger partial charge on any atom is -0.542 e. The van der Waals surface area contributed by atoms with E-state index in [0.29, 0.717) is 5.95 Å². The molecule has 0 amide bonds. The first kappa shape index (κ1) is 17.6. The van der Waals surface area contributed by atoms with Crippen LogP contribution < -0.4 is 0 Å². The van der Waals surface area contributed by atoms with Crippen molar-refractivity contribution >= 4 is 16.6 Å². The van der Waals surface area contributed by atoms with Crippen LogP contribution in [-0.2, 0) is 13.6 Å². The van der Waals surface area contributed by atoms with Crippen LogP contribution in [0, 0.1) is 0 Å². The summed E-state index contributed by atoms with van der Waals surface area (Å²) < 4.78 is 17.6. The van der Waals surface area contributed by atoms with Crippen molar-refractivity contribution in [1.29, 1.82) is 0 Å². The fraction of sp³-hybridized carbons (Fsp3) is 0.846. The Morgan fingerprint density at radius 1 is 0.889 bits per heavy atom. The van der Waals surface area contributed by atoms with Gasteiger partial charge in [-0.3, -0.25) is 0 Å². The molecule has 0 bridgehead atoms. The highest BCUT2D eigenvalue weighted by atomic mass is 28.4. The van der Waals surface area contributed by atoms with Crippen LogP contribution in [0.1, 0.15) is 27.7 Å². The topological polar surface area (TPSA) is 27.7 Å². The highest BCUT2D eigenvalue weighted by Gasteiger charge is 2.32. The van der Waals surface area contributed by atoms with Gasteiger partial charge in [-0.2, -0.15) is 0 Å². The number of hydrogen-bond donors (Lipinski definition) is 0. The molecule has 0 unspecified atom stereocenters. The summed E-state index contributed by atoms with van der Waals surface area (Å²) in [5.74, 6) is 1.39. The van der Waals surface area contributed by atoms with Gasteiger partial charge in [-0.25, -0.2) is 0 Å². The van der Waals surface area contributed by atoms with E-state index in [1.165, 1.54) is 0 Å². The molecule has 0 saturated carbocycles. The summed E-state index contributed by atoms with van der Waals surface area (Å²) in [5, 5.41) is 0. The molecule has 0 aromatic rings. The Morgan fingerprint density at radius 3 is 1.61 bits per heavy atom. The van der Waals surface area contributed by atoms with Crippen molar-refractivity contribution in [3.8, 4) is 0 Å². The summed E-state index contributed by atoms with van der Waals surface area (Å²) >= 11 is 0. The first-order valence-corrected chi connectivity index (χ1v) is 12.8. The summed E-state index contributed by atoms with van der Waals surface area (Å²) in [6.07, 6.45) is 0. The summed E-state index contributed by atoms with van der Waals surface area (Å²) in [5.41, 5.74) is 0. The third kappa shape index (κ3) is 5.48. The van der Waals surface area contributed by atoms with Crippen molar-refractivity contribution in [2.45, 2.75) is 65.5 Å². The van der Waals surface area contributed by atoms with Crippen molar-refractivity contribution in [3.63, 3.8) is 0 Å². The number of ether oxygens (including phenoxy) is 1. The zero-order chi connectivity index (χ0) is 14.4. The maximum absolute atomic E-state index is 6.28. The first-order valence-electron chi connectivity index (χ1n) is 6.86. The number of hydrogen-bond acceptors (Lipinski definition) is 3. The Bertz CT molecular complexity index is 270. The zero-order valence-corrected chi connectivity index (χ0v) is 15.3. The molecule has 18 heavy (non-hydrogen) atoms. The van der Waals surface area contributed by atoms with E-state index in [9.17, 15) is 0 Å². The van der Waals surface area contributed by atoms with E-state index in [4.69, 9.17) is 13.6 Å². The minimum atomic E-state index is -1.66. The number of methoxy groups -OCH3 is 1. The van der Waals surface area contributed by atoms with E-state index in [-0.39, 0.29) is 0 Å². The summed E-state index contributed by atoms with van der Waals surface area (Å²) in [6, 6.07) is 3.38. The van der Waals surface area contributed by atoms with Gasteiger partial charge >= 0.3 is 5.95 Å². The van der Waals surface area contributed by atoms with Crippen molar-refractivity contribution in [1.82, 2.24) is 0 Å². The Kier molecular flexibility index (Phi) is 7.06. The SMILES string of the molecule is CC[Si](CC)(CC)O/C(C)=C(\OC)O[Si](C)(C)C. The van der Waals surface area contributed by atoms with Crippen molar-refractivity contribution in [3.05, 3.63) is 11.7 Å². The molecule has 0 N–H and O–H groups in total. The lowest BCUT2D eigenvalue weighted by atomic mass is 10.6. The second kappa shape index (κ2) is 7.23. The highest BCUT2D eigenvalue weighted by Crippen LogP contribution is 2.27. The zero-order valence-electron chi connectivity index (χ0n) is 13.3. The molecule has 0 radical (unpaired) electrons. The van der Waals surface area contributed by atoms with Crippen LogP contribution in [0.3, 0.4) is 0 Å². The van der Waals surface area contributed by atoms with E-state index in [1.807, 2.05) is 6.92 Å². The molecule has 0 aliphatic rings. The van der Waals surface area contributed by atoms with Crippen LogP contribution in [0.4, 0.5) is 0 Å². The maximum atomic E-state index is 6.28. The van der Waals surface area contributed by atoms with Crippen LogP contribution >= 0.6 is 0 Å². The van der Waals surface area contributed by atoms with Gasteiger partial charge < -0.3 is 13.6 Å². The normalized spacial score (nSPS) is 14.0. The van der Waals surface area contributed by atoms with Crippen molar-refractivity contribution in [2.24, 2.45) is 0 Å². The lowest BCUT2D eigenvalue weighted by Gasteiger charge is -2.31. The van der Waals surface area contributed by atoms with Crippen molar-refractivity contribution in [2.75, 3.05) is 7.11 Å². The predicted octanol–water partition coefficient (Wildman–Crippen LogP) is 4.70. The van der Waals surface area contributed by atoms with Crippen LogP contribution in [0.25, 0.3) is 0 Å². The monoisotopic (exact) mass is 290 g/mol. The quantitative estimate of drug-likeness (QED) is 0.479. The molecule has 3 nitrogen and oxygen atoms in total. The molecule has 0 rings (SSSR count). The third-order valence-electron chi connectivity index (χ3n) is 3.17. The van der Waals surface area contributed by atoms with E-state index >= 15 is 0 Å². The van der Waals surface area contributed by atoms with E-state index < -0.39 is 16.6 Å². The van der Waals surface area contributed by atoms with Gasteiger partial charge in [-0.15, -0.1) is 0 Å². The van der Waals surface area contributed by atoms with Gasteiger partial charge in [0, 0.05) is 0 Å². The van der Waals surface area contributed by atoms with Gasteiger partial charge in [0.15, 0.2) is 5.76 Å². The maximum Gasteiger partial charge on any atom is 0.303 e. The fourth-order valence-corrected chi connectivity index (χ4v) is 5.32. The smallest absolute Gasteiger partial charge is 0.303 e. The average Bonchev–Trinajstić information content (AvgIpc) is 2.32. The first-order chi connectivity index (χ1) is 8.23. The van der Waals surface area contributed by atoms with Gasteiger partial charge in [0.2, 0.25) is 16.6 Å². The average molecular weight is 291 g/mol. The van der Waals surface area contributed by atoms with Crippen LogP contribution in [0.5, 0.6) is 0 Å². The Morgan fingerprint density at radius 2 is 1.33 bits per heavy atom. The minimum absolute atomic E-state index is 0.571. The fourth-order valence-electron chi connectivity index (χ4n) is 1.87. The highest BCUT2D eigenvalue weighted by molar-refractivity contribution is 6.73. The second-order valence-electron chi connectivity index (χ2n) is 5.61. The van der Waals surface area contributed by atoms with E-state index in [0.717, 1.165) is 23.9 Å². The molecule has 0 saturated heterocycles. The predicted molar refractivity (Wildman–Crippen MR) is 82.4 cm³/mol. The Hall–Kier alpha value is -0.426. The molecular formula is C13H30O3Si2. The third-order valence-corrected chi connectivity index (χ3v) is 8.58. The molecule has 108 valence electrons. The molecule has 0 aromatic heterocycles. The number of rotatable bonds is 8. The standard InChI is InChI=1S/C13H30O3Si2/c1-9-18(10-2,11-3)15-12(4)13(14-5)16-17(6,7)8/h9-11H2,1-8H3/b13-12+. The molecular weight excluding hydrogens is 260 g/mol. The summed E-state index contributed by atoms with van der Waals surface area (Å²) in [7, 11) is -1.65. The van der Waals surface area contributed by atoms with Gasteiger partial charge in [0.1, 0.15) is 0 Å². The largest absolute Gasteiger partial charge is 0.542 e. The van der Waals surface area contributed by atoms with Gasteiger partial charge in [0.05, 0.1) is 7.11 Å². The Labute approximate surface area is 115 Å². The molecule has 0 aromatic carbocycles. The van der Waals surface area contributed by atoms with Gasteiger partial charge in [0.25, 0.3) is 0 Å². The molecule has 0 heterocycles. The van der Waals surface area contributed by atoms with Crippen LogP contribution in [-0.4, -0.2) is 23.7 Å². The summed E-state index contributed by atoms with van der Waals surface area (Å²) in [6.45, 7) is 15.0. The molecule has 0 spiro atoms. The summed E-state index contributed by atoms with van der Waals surface area (Å²) in [4.78, 5) is 0.